The molecule has 19 heavy (non-hydrogen) atoms. The van der Waals surface area contributed by atoms with Crippen LogP contribution in [-0.2, 0) is 18.3 Å². The van der Waals surface area contributed by atoms with Gasteiger partial charge < -0.3 is 9.67 Å². The summed E-state index contributed by atoms with van der Waals surface area (Å²) in [6.07, 6.45) is 1.85. The van der Waals surface area contributed by atoms with E-state index < -0.39 is 10.9 Å². The van der Waals surface area contributed by atoms with Gasteiger partial charge in [-0.05, 0) is 24.1 Å². The first kappa shape index (κ1) is 13.4. The topological polar surface area (TPSA) is 85.4 Å². The Kier molecular flexibility index (Phi) is 3.44. The molecule has 1 aromatic heterocycles. The Morgan fingerprint density at radius 2 is 2.21 bits per heavy atom. The molecule has 1 aromatic carbocycles. The van der Waals surface area contributed by atoms with E-state index in [1.807, 2.05) is 0 Å². The Balaban J connectivity index is 2.67. The summed E-state index contributed by atoms with van der Waals surface area (Å²) in [6, 6.07) is 3.16. The molecule has 0 spiro atoms. The van der Waals surface area contributed by atoms with Crippen LogP contribution in [0.2, 0.25) is 5.02 Å². The van der Waals surface area contributed by atoms with E-state index in [1.54, 1.807) is 23.9 Å². The summed E-state index contributed by atoms with van der Waals surface area (Å²) in [4.78, 5) is 21.2. The molecule has 6 nitrogen and oxygen atoms in total. The number of nitro groups is 1. The predicted octanol–water partition coefficient (Wildman–Crippen LogP) is 2.76. The smallest absolute Gasteiger partial charge is 0.303 e. The van der Waals surface area contributed by atoms with Crippen LogP contribution in [0.1, 0.15) is 12.0 Å². The molecular formula is C12H11ClN2O4. The van der Waals surface area contributed by atoms with E-state index in [1.165, 1.54) is 6.07 Å². The first-order valence-corrected chi connectivity index (χ1v) is 5.92. The normalized spacial score (nSPS) is 10.8. The SMILES string of the molecule is Cn1cc(CCC(=O)O)c2c([N+](=O)[O-])c(Cl)ccc21. The van der Waals surface area contributed by atoms with Gasteiger partial charge in [0.1, 0.15) is 5.02 Å². The number of aryl methyl sites for hydroxylation is 2. The molecule has 1 heterocycles. The van der Waals surface area contributed by atoms with Crippen molar-refractivity contribution in [1.29, 1.82) is 0 Å². The van der Waals surface area contributed by atoms with Crippen molar-refractivity contribution < 1.29 is 14.8 Å². The van der Waals surface area contributed by atoms with Crippen LogP contribution in [0, 0.1) is 10.1 Å². The molecule has 2 rings (SSSR count). The molecule has 0 atom stereocenters. The number of rotatable bonds is 4. The third-order valence-corrected chi connectivity index (χ3v) is 3.25. The number of nitrogens with zero attached hydrogens (tertiary/aromatic N) is 2. The number of nitro benzene ring substituents is 1. The molecular weight excluding hydrogens is 272 g/mol. The van der Waals surface area contributed by atoms with Gasteiger partial charge in [-0.1, -0.05) is 11.6 Å². The maximum absolute atomic E-state index is 11.1. The highest BCUT2D eigenvalue weighted by Gasteiger charge is 2.22. The Bertz CT molecular complexity index is 678. The number of aliphatic carboxylic acids is 1. The van der Waals surface area contributed by atoms with Gasteiger partial charge in [-0.15, -0.1) is 0 Å². The van der Waals surface area contributed by atoms with E-state index in [-0.39, 0.29) is 23.6 Å². The first-order valence-electron chi connectivity index (χ1n) is 5.54. The lowest BCUT2D eigenvalue weighted by Gasteiger charge is -2.01. The fourth-order valence-electron chi connectivity index (χ4n) is 2.14. The number of hydrogen-bond donors (Lipinski definition) is 1. The highest BCUT2D eigenvalue weighted by molar-refractivity contribution is 6.34. The summed E-state index contributed by atoms with van der Waals surface area (Å²) in [5, 5.41) is 20.3. The van der Waals surface area contributed by atoms with Crippen molar-refractivity contribution in [2.45, 2.75) is 12.8 Å². The van der Waals surface area contributed by atoms with Gasteiger partial charge in [0.25, 0.3) is 5.69 Å². The van der Waals surface area contributed by atoms with E-state index >= 15 is 0 Å². The number of hydrogen-bond acceptors (Lipinski definition) is 3. The lowest BCUT2D eigenvalue weighted by Crippen LogP contribution is -1.98. The van der Waals surface area contributed by atoms with Crippen molar-refractivity contribution >= 4 is 34.2 Å². The molecule has 0 saturated carbocycles. The molecule has 7 heteroatoms. The van der Waals surface area contributed by atoms with Gasteiger partial charge in [-0.25, -0.2) is 0 Å². The minimum Gasteiger partial charge on any atom is -0.481 e. The van der Waals surface area contributed by atoms with E-state index in [9.17, 15) is 14.9 Å². The number of carboxylic acids is 1. The number of benzene rings is 1. The minimum atomic E-state index is -0.943. The quantitative estimate of drug-likeness (QED) is 0.690. The van der Waals surface area contributed by atoms with Gasteiger partial charge in [0.2, 0.25) is 0 Å². The van der Waals surface area contributed by atoms with E-state index in [4.69, 9.17) is 16.7 Å². The van der Waals surface area contributed by atoms with Crippen molar-refractivity contribution in [3.63, 3.8) is 0 Å². The summed E-state index contributed by atoms with van der Waals surface area (Å²) < 4.78 is 1.73. The van der Waals surface area contributed by atoms with Crippen LogP contribution in [0.3, 0.4) is 0 Å². The average Bonchev–Trinajstić information content (AvgIpc) is 2.63. The molecule has 0 aliphatic carbocycles. The number of halogens is 1. The van der Waals surface area contributed by atoms with Crippen LogP contribution >= 0.6 is 11.6 Å². The van der Waals surface area contributed by atoms with Gasteiger partial charge in [0, 0.05) is 19.7 Å². The molecule has 0 bridgehead atoms. The first-order chi connectivity index (χ1) is 8.91. The zero-order chi connectivity index (χ0) is 14.2. The van der Waals surface area contributed by atoms with Crippen molar-refractivity contribution in [2.75, 3.05) is 0 Å². The third kappa shape index (κ3) is 2.39. The monoisotopic (exact) mass is 282 g/mol. The fourth-order valence-corrected chi connectivity index (χ4v) is 2.37. The van der Waals surface area contributed by atoms with Crippen LogP contribution in [0.5, 0.6) is 0 Å². The Labute approximate surface area is 113 Å². The second-order valence-electron chi connectivity index (χ2n) is 4.21. The highest BCUT2D eigenvalue weighted by Crippen LogP contribution is 2.36. The molecule has 0 fully saturated rings. The van der Waals surface area contributed by atoms with E-state index in [0.29, 0.717) is 16.5 Å². The molecule has 0 amide bonds. The molecule has 1 N–H and O–H groups in total. The Morgan fingerprint density at radius 3 is 2.79 bits per heavy atom. The van der Waals surface area contributed by atoms with Crippen molar-refractivity contribution in [1.82, 2.24) is 4.57 Å². The van der Waals surface area contributed by atoms with Crippen LogP contribution < -0.4 is 0 Å². The van der Waals surface area contributed by atoms with Crippen molar-refractivity contribution in [3.8, 4) is 0 Å². The lowest BCUT2D eigenvalue weighted by atomic mass is 10.1. The molecule has 100 valence electrons. The number of fused-ring (bicyclic) bond motifs is 1. The molecule has 0 aliphatic heterocycles. The van der Waals surface area contributed by atoms with Crippen LogP contribution in [0.25, 0.3) is 10.9 Å². The highest BCUT2D eigenvalue weighted by atomic mass is 35.5. The second kappa shape index (κ2) is 4.89. The van der Waals surface area contributed by atoms with Gasteiger partial charge >= 0.3 is 5.97 Å². The zero-order valence-corrected chi connectivity index (χ0v) is 10.8. The van der Waals surface area contributed by atoms with Crippen LogP contribution in [-0.4, -0.2) is 20.6 Å². The van der Waals surface area contributed by atoms with Crippen molar-refractivity contribution in [2.24, 2.45) is 7.05 Å². The third-order valence-electron chi connectivity index (χ3n) is 2.95. The lowest BCUT2D eigenvalue weighted by molar-refractivity contribution is -0.382. The Morgan fingerprint density at radius 1 is 1.53 bits per heavy atom. The summed E-state index contributed by atoms with van der Waals surface area (Å²) in [6.45, 7) is 0. The Hall–Kier alpha value is -2.08. The van der Waals surface area contributed by atoms with Gasteiger partial charge in [0.15, 0.2) is 0 Å². The fraction of sp³-hybridized carbons (Fsp3) is 0.250. The zero-order valence-electron chi connectivity index (χ0n) is 10.1. The largest absolute Gasteiger partial charge is 0.481 e. The van der Waals surface area contributed by atoms with Gasteiger partial charge in [-0.2, -0.15) is 0 Å². The van der Waals surface area contributed by atoms with Gasteiger partial charge in [-0.3, -0.25) is 14.9 Å². The number of carboxylic acid groups (broad SMARTS) is 1. The molecule has 0 saturated heterocycles. The molecule has 0 radical (unpaired) electrons. The standard InChI is InChI=1S/C12H11ClN2O4/c1-14-6-7(2-5-10(16)17)11-9(14)4-3-8(13)12(11)15(18)19/h3-4,6H,2,5H2,1H3,(H,16,17). The summed E-state index contributed by atoms with van der Waals surface area (Å²) in [5.41, 5.74) is 1.12. The van der Waals surface area contributed by atoms with Gasteiger partial charge in [0.05, 0.1) is 15.8 Å². The van der Waals surface area contributed by atoms with E-state index in [2.05, 4.69) is 0 Å². The van der Waals surface area contributed by atoms with Crippen molar-refractivity contribution in [3.05, 3.63) is 39.0 Å². The summed E-state index contributed by atoms with van der Waals surface area (Å²) >= 11 is 5.87. The maximum atomic E-state index is 11.1. The average molecular weight is 283 g/mol. The summed E-state index contributed by atoms with van der Waals surface area (Å²) in [7, 11) is 1.75. The van der Waals surface area contributed by atoms with E-state index in [0.717, 1.165) is 0 Å². The maximum Gasteiger partial charge on any atom is 0.303 e. The minimum absolute atomic E-state index is 0.0558. The predicted molar refractivity (Wildman–Crippen MR) is 70.5 cm³/mol. The number of carbonyl (C=O) groups is 1. The second-order valence-corrected chi connectivity index (χ2v) is 4.61. The summed E-state index contributed by atoms with van der Waals surface area (Å²) in [5.74, 6) is -0.943. The molecule has 2 aromatic rings. The van der Waals surface area contributed by atoms with Crippen LogP contribution in [0.15, 0.2) is 18.3 Å². The number of aromatic nitrogens is 1. The molecule has 0 unspecified atom stereocenters. The van der Waals surface area contributed by atoms with Crippen LogP contribution in [0.4, 0.5) is 5.69 Å². The molecule has 0 aliphatic rings.